The molecule has 0 aliphatic heterocycles. The predicted molar refractivity (Wildman–Crippen MR) is 87.7 cm³/mol. The zero-order valence-electron chi connectivity index (χ0n) is 14.1. The number of nitrogens with one attached hydrogen (secondary N) is 1. The summed E-state index contributed by atoms with van der Waals surface area (Å²) in [5, 5.41) is 7.94. The fourth-order valence-electron chi connectivity index (χ4n) is 2.07. The number of thiazole rings is 1. The smallest absolute Gasteiger partial charge is 0.435 e. The molecule has 0 aromatic carbocycles. The van der Waals surface area contributed by atoms with E-state index in [-0.39, 0.29) is 26.0 Å². The molecule has 11 heteroatoms. The summed E-state index contributed by atoms with van der Waals surface area (Å²) in [5.74, 6) is -0.823. The van der Waals surface area contributed by atoms with E-state index in [4.69, 9.17) is 4.74 Å². The van der Waals surface area contributed by atoms with Gasteiger partial charge in [0.2, 0.25) is 5.91 Å². The zero-order valence-corrected chi connectivity index (χ0v) is 14.9. The minimum Gasteiger partial charge on any atom is -0.466 e. The van der Waals surface area contributed by atoms with E-state index in [0.717, 1.165) is 22.1 Å². The molecule has 2 heterocycles. The monoisotopic (exact) mass is 390 g/mol. The van der Waals surface area contributed by atoms with E-state index in [0.29, 0.717) is 16.5 Å². The third kappa shape index (κ3) is 5.55. The summed E-state index contributed by atoms with van der Waals surface area (Å²) < 4.78 is 43.8. The summed E-state index contributed by atoms with van der Waals surface area (Å²) in [7, 11) is 0. The number of aryl methyl sites for hydroxylation is 2. The average molecular weight is 390 g/mol. The van der Waals surface area contributed by atoms with Crippen LogP contribution in [0.5, 0.6) is 0 Å². The van der Waals surface area contributed by atoms with Crippen molar-refractivity contribution in [2.45, 2.75) is 39.4 Å². The van der Waals surface area contributed by atoms with Gasteiger partial charge in [0.15, 0.2) is 10.8 Å². The van der Waals surface area contributed by atoms with Crippen LogP contribution in [0, 0.1) is 6.92 Å². The molecule has 2 aromatic heterocycles. The molecule has 0 saturated carbocycles. The number of aromatic nitrogens is 3. The minimum atomic E-state index is -4.52. The number of carbonyl (C=O) groups excluding carboxylic acids is 2. The van der Waals surface area contributed by atoms with Crippen molar-refractivity contribution in [3.05, 3.63) is 28.5 Å². The number of anilines is 1. The molecule has 26 heavy (non-hydrogen) atoms. The Kier molecular flexibility index (Phi) is 6.35. The molecule has 0 unspecified atom stereocenters. The molecule has 1 amide bonds. The van der Waals surface area contributed by atoms with Crippen molar-refractivity contribution < 1.29 is 27.5 Å². The van der Waals surface area contributed by atoms with Crippen molar-refractivity contribution in [1.82, 2.24) is 14.8 Å². The normalized spacial score (nSPS) is 11.4. The molecule has 0 bridgehead atoms. The largest absolute Gasteiger partial charge is 0.466 e. The lowest BCUT2D eigenvalue weighted by molar-refractivity contribution is -0.142. The number of halogens is 3. The van der Waals surface area contributed by atoms with Crippen LogP contribution in [0.3, 0.4) is 0 Å². The minimum absolute atomic E-state index is 0.00686. The second-order valence-corrected chi connectivity index (χ2v) is 6.17. The Morgan fingerprint density at radius 3 is 2.73 bits per heavy atom. The van der Waals surface area contributed by atoms with Crippen molar-refractivity contribution >= 4 is 28.3 Å². The first-order chi connectivity index (χ1) is 12.2. The van der Waals surface area contributed by atoms with Gasteiger partial charge in [-0.2, -0.15) is 18.3 Å². The lowest BCUT2D eigenvalue weighted by atomic mass is 10.3. The Balaban J connectivity index is 1.87. The Hall–Kier alpha value is -2.43. The Morgan fingerprint density at radius 2 is 2.12 bits per heavy atom. The van der Waals surface area contributed by atoms with Crippen LogP contribution in [-0.2, 0) is 33.5 Å². The number of alkyl halides is 3. The number of nitrogens with zero attached hydrogens (tertiary/aromatic N) is 3. The molecule has 0 fully saturated rings. The van der Waals surface area contributed by atoms with Gasteiger partial charge in [-0.3, -0.25) is 14.3 Å². The van der Waals surface area contributed by atoms with Crippen molar-refractivity contribution in [2.75, 3.05) is 11.9 Å². The number of ether oxygens (including phenoxy) is 1. The maximum Gasteiger partial charge on any atom is 0.435 e. The third-order valence-electron chi connectivity index (χ3n) is 3.25. The van der Waals surface area contributed by atoms with Gasteiger partial charge in [0.25, 0.3) is 0 Å². The van der Waals surface area contributed by atoms with Crippen LogP contribution in [0.2, 0.25) is 0 Å². The van der Waals surface area contributed by atoms with Gasteiger partial charge in [-0.05, 0) is 19.9 Å². The molecular weight excluding hydrogens is 373 g/mol. The highest BCUT2D eigenvalue weighted by atomic mass is 32.1. The van der Waals surface area contributed by atoms with Crippen LogP contribution in [0.1, 0.15) is 30.4 Å². The first-order valence-corrected chi connectivity index (χ1v) is 8.58. The molecular formula is C15H17F3N4O3S. The second-order valence-electron chi connectivity index (χ2n) is 5.32. The molecule has 0 radical (unpaired) electrons. The third-order valence-corrected chi connectivity index (χ3v) is 4.06. The van der Waals surface area contributed by atoms with Crippen molar-refractivity contribution in [3.63, 3.8) is 0 Å². The lowest BCUT2D eigenvalue weighted by Crippen LogP contribution is -2.16. The highest BCUT2D eigenvalue weighted by molar-refractivity contribution is 7.13. The number of hydrogen-bond donors (Lipinski definition) is 1. The maximum absolute atomic E-state index is 12.6. The van der Waals surface area contributed by atoms with Crippen LogP contribution < -0.4 is 5.32 Å². The van der Waals surface area contributed by atoms with E-state index >= 15 is 0 Å². The number of hydrogen-bond acceptors (Lipinski definition) is 6. The summed E-state index contributed by atoms with van der Waals surface area (Å²) in [6.45, 7) is 3.47. The summed E-state index contributed by atoms with van der Waals surface area (Å²) in [5.41, 5.74) is -0.198. The molecule has 0 saturated heterocycles. The quantitative estimate of drug-likeness (QED) is 0.735. The van der Waals surface area contributed by atoms with E-state index in [1.807, 2.05) is 0 Å². The van der Waals surface area contributed by atoms with Gasteiger partial charge in [-0.1, -0.05) is 0 Å². The number of esters is 1. The van der Waals surface area contributed by atoms with Gasteiger partial charge in [0.05, 0.1) is 18.7 Å². The van der Waals surface area contributed by atoms with Crippen LogP contribution in [0.25, 0.3) is 0 Å². The number of rotatable bonds is 7. The molecule has 2 rings (SSSR count). The average Bonchev–Trinajstić information content (AvgIpc) is 3.11. The van der Waals surface area contributed by atoms with Gasteiger partial charge < -0.3 is 10.1 Å². The van der Waals surface area contributed by atoms with Crippen molar-refractivity contribution in [3.8, 4) is 0 Å². The lowest BCUT2D eigenvalue weighted by Gasteiger charge is -2.05. The molecule has 0 atom stereocenters. The summed E-state index contributed by atoms with van der Waals surface area (Å²) >= 11 is 1.15. The number of amides is 1. The topological polar surface area (TPSA) is 86.1 Å². The van der Waals surface area contributed by atoms with Gasteiger partial charge in [0.1, 0.15) is 0 Å². The summed E-state index contributed by atoms with van der Waals surface area (Å²) in [6.07, 6.45) is -4.58. The second kappa shape index (κ2) is 8.30. The van der Waals surface area contributed by atoms with E-state index in [9.17, 15) is 22.8 Å². The van der Waals surface area contributed by atoms with Crippen molar-refractivity contribution in [1.29, 1.82) is 0 Å². The van der Waals surface area contributed by atoms with E-state index in [1.54, 1.807) is 12.3 Å². The standard InChI is InChI=1S/C15H17F3N4O3S/c1-3-25-13(24)7-10-8-26-14(19-10)20-12(23)4-5-22-9(2)6-11(21-22)15(16,17)18/h6,8H,3-5,7H2,1-2H3,(H,19,20,23). The molecule has 0 aliphatic carbocycles. The SMILES string of the molecule is CCOC(=O)Cc1csc(NC(=O)CCn2nc(C(F)(F)F)cc2C)n1. The molecule has 1 N–H and O–H groups in total. The van der Waals surface area contributed by atoms with E-state index in [1.165, 1.54) is 6.92 Å². The Bertz CT molecular complexity index is 785. The van der Waals surface area contributed by atoms with Gasteiger partial charge in [0, 0.05) is 24.0 Å². The molecule has 0 spiro atoms. The van der Waals surface area contributed by atoms with E-state index < -0.39 is 23.7 Å². The van der Waals surface area contributed by atoms with Crippen LogP contribution in [0.15, 0.2) is 11.4 Å². The Morgan fingerprint density at radius 1 is 1.38 bits per heavy atom. The van der Waals surface area contributed by atoms with Gasteiger partial charge in [-0.25, -0.2) is 4.98 Å². The Labute approximate surface area is 151 Å². The molecule has 142 valence electrons. The fraction of sp³-hybridized carbons (Fsp3) is 0.467. The van der Waals surface area contributed by atoms with Crippen molar-refractivity contribution in [2.24, 2.45) is 0 Å². The van der Waals surface area contributed by atoms with E-state index in [2.05, 4.69) is 15.4 Å². The first-order valence-electron chi connectivity index (χ1n) is 7.70. The van der Waals surface area contributed by atoms with Crippen LogP contribution in [0.4, 0.5) is 18.3 Å². The first kappa shape index (κ1) is 19.9. The zero-order chi connectivity index (χ0) is 19.3. The van der Waals surface area contributed by atoms with Gasteiger partial charge >= 0.3 is 12.1 Å². The molecule has 0 aliphatic rings. The fourth-order valence-corrected chi connectivity index (χ4v) is 2.80. The number of carbonyl (C=O) groups is 2. The summed E-state index contributed by atoms with van der Waals surface area (Å²) in [6, 6.07) is 0.931. The molecule has 2 aromatic rings. The van der Waals surface area contributed by atoms with Gasteiger partial charge in [-0.15, -0.1) is 11.3 Å². The highest BCUT2D eigenvalue weighted by Gasteiger charge is 2.34. The predicted octanol–water partition coefficient (Wildman–Crippen LogP) is 2.80. The highest BCUT2D eigenvalue weighted by Crippen LogP contribution is 2.28. The van der Waals surface area contributed by atoms with Crippen LogP contribution >= 0.6 is 11.3 Å². The molecule has 7 nitrogen and oxygen atoms in total. The maximum atomic E-state index is 12.6. The van der Waals surface area contributed by atoms with Crippen LogP contribution in [-0.4, -0.2) is 33.2 Å². The summed E-state index contributed by atoms with van der Waals surface area (Å²) in [4.78, 5) is 27.4.